The van der Waals surface area contributed by atoms with Gasteiger partial charge in [-0.05, 0) is 35.9 Å². The van der Waals surface area contributed by atoms with E-state index >= 15 is 0 Å². The Morgan fingerprint density at radius 3 is 2.89 bits per heavy atom. The predicted octanol–water partition coefficient (Wildman–Crippen LogP) is 2.89. The van der Waals surface area contributed by atoms with Gasteiger partial charge in [-0.3, -0.25) is 4.79 Å². The minimum atomic E-state index is -0.216. The van der Waals surface area contributed by atoms with Crippen molar-refractivity contribution in [2.24, 2.45) is 0 Å². The Kier molecular flexibility index (Phi) is 3.48. The number of methoxy groups -OCH3 is 1. The number of ether oxygens (including phenoxy) is 1. The van der Waals surface area contributed by atoms with E-state index in [0.717, 1.165) is 5.56 Å². The van der Waals surface area contributed by atoms with Crippen LogP contribution in [0.2, 0.25) is 0 Å². The molecule has 0 unspecified atom stereocenters. The molecule has 1 aromatic carbocycles. The number of carbonyl (C=O) groups is 1. The summed E-state index contributed by atoms with van der Waals surface area (Å²) in [5, 5.41) is 9.43. The van der Waals surface area contributed by atoms with Crippen LogP contribution in [0.3, 0.4) is 0 Å². The van der Waals surface area contributed by atoms with Crippen LogP contribution >= 0.6 is 0 Å². The summed E-state index contributed by atoms with van der Waals surface area (Å²) in [4.78, 5) is 11.6. The zero-order valence-electron chi connectivity index (χ0n) is 9.79. The van der Waals surface area contributed by atoms with Crippen molar-refractivity contribution in [1.82, 2.24) is 0 Å². The number of benzene rings is 1. The van der Waals surface area contributed by atoms with Crippen molar-refractivity contribution in [3.05, 3.63) is 54.0 Å². The fourth-order valence-electron chi connectivity index (χ4n) is 1.47. The summed E-state index contributed by atoms with van der Waals surface area (Å²) in [5.74, 6) is 0.499. The Hall–Kier alpha value is -2.49. The van der Waals surface area contributed by atoms with E-state index in [1.807, 2.05) is 0 Å². The molecule has 0 atom stereocenters. The lowest BCUT2D eigenvalue weighted by Gasteiger charge is -2.03. The van der Waals surface area contributed by atoms with E-state index in [-0.39, 0.29) is 17.3 Å². The van der Waals surface area contributed by atoms with Crippen LogP contribution in [-0.2, 0) is 0 Å². The fourth-order valence-corrected chi connectivity index (χ4v) is 1.47. The average molecular weight is 244 g/mol. The van der Waals surface area contributed by atoms with Crippen molar-refractivity contribution in [3.8, 4) is 11.5 Å². The van der Waals surface area contributed by atoms with Gasteiger partial charge < -0.3 is 14.3 Å². The smallest absolute Gasteiger partial charge is 0.221 e. The van der Waals surface area contributed by atoms with Crippen LogP contribution in [0.15, 0.2) is 47.1 Å². The zero-order valence-corrected chi connectivity index (χ0v) is 9.79. The number of phenols is 1. The predicted molar refractivity (Wildman–Crippen MR) is 66.7 cm³/mol. The number of aromatic hydroxyl groups is 1. The first-order valence-electron chi connectivity index (χ1n) is 5.33. The lowest BCUT2D eigenvalue weighted by atomic mass is 10.1. The maximum Gasteiger partial charge on any atom is 0.221 e. The highest BCUT2D eigenvalue weighted by Crippen LogP contribution is 2.26. The molecule has 0 saturated carbocycles. The lowest BCUT2D eigenvalue weighted by Crippen LogP contribution is -1.90. The molecule has 2 rings (SSSR count). The maximum atomic E-state index is 11.6. The maximum absolute atomic E-state index is 11.6. The standard InChI is InChI=1S/C14H12O4/c1-17-14-9-10(5-7-12(14)16)4-6-11(15)13-3-2-8-18-13/h2-9,16H,1H3/b6-4+. The first-order valence-corrected chi connectivity index (χ1v) is 5.33. The van der Waals surface area contributed by atoms with Crippen molar-refractivity contribution >= 4 is 11.9 Å². The summed E-state index contributed by atoms with van der Waals surface area (Å²) in [6, 6.07) is 8.09. The van der Waals surface area contributed by atoms with Crippen molar-refractivity contribution in [3.63, 3.8) is 0 Å². The summed E-state index contributed by atoms with van der Waals surface area (Å²) >= 11 is 0. The van der Waals surface area contributed by atoms with Crippen LogP contribution in [0.4, 0.5) is 0 Å². The van der Waals surface area contributed by atoms with Gasteiger partial charge in [0.25, 0.3) is 0 Å². The second-order valence-electron chi connectivity index (χ2n) is 3.61. The third kappa shape index (κ3) is 2.60. The molecular weight excluding hydrogens is 232 g/mol. The molecule has 0 saturated heterocycles. The largest absolute Gasteiger partial charge is 0.504 e. The molecule has 92 valence electrons. The molecule has 0 aliphatic heterocycles. The SMILES string of the molecule is COc1cc(/C=C/C(=O)c2ccco2)ccc1O. The fraction of sp³-hybridized carbons (Fsp3) is 0.0714. The summed E-state index contributed by atoms with van der Waals surface area (Å²) < 4.78 is 9.96. The molecule has 18 heavy (non-hydrogen) atoms. The molecule has 1 aromatic heterocycles. The number of rotatable bonds is 4. The van der Waals surface area contributed by atoms with E-state index < -0.39 is 0 Å². The summed E-state index contributed by atoms with van der Waals surface area (Å²) in [5.41, 5.74) is 0.754. The van der Waals surface area contributed by atoms with Gasteiger partial charge in [-0.2, -0.15) is 0 Å². The number of furan rings is 1. The third-order valence-corrected chi connectivity index (χ3v) is 2.39. The van der Waals surface area contributed by atoms with E-state index in [2.05, 4.69) is 0 Å². The number of ketones is 1. The van der Waals surface area contributed by atoms with E-state index in [9.17, 15) is 9.90 Å². The summed E-state index contributed by atoms with van der Waals surface area (Å²) in [6.07, 6.45) is 4.49. The molecule has 1 heterocycles. The molecule has 0 aliphatic rings. The number of hydrogen-bond donors (Lipinski definition) is 1. The number of hydrogen-bond acceptors (Lipinski definition) is 4. The van der Waals surface area contributed by atoms with Crippen molar-refractivity contribution in [1.29, 1.82) is 0 Å². The Morgan fingerprint density at radius 1 is 1.39 bits per heavy atom. The Morgan fingerprint density at radius 2 is 2.22 bits per heavy atom. The molecule has 2 aromatic rings. The molecule has 4 nitrogen and oxygen atoms in total. The Balaban J connectivity index is 2.16. The van der Waals surface area contributed by atoms with Crippen LogP contribution in [0, 0.1) is 0 Å². The average Bonchev–Trinajstić information content (AvgIpc) is 2.91. The highest BCUT2D eigenvalue weighted by Gasteiger charge is 2.04. The first kappa shape index (κ1) is 12.0. The van der Waals surface area contributed by atoms with Crippen LogP contribution in [0.5, 0.6) is 11.5 Å². The molecule has 0 radical (unpaired) electrons. The third-order valence-electron chi connectivity index (χ3n) is 2.39. The highest BCUT2D eigenvalue weighted by atomic mass is 16.5. The molecule has 1 N–H and O–H groups in total. The molecule has 0 bridgehead atoms. The number of carbonyl (C=O) groups excluding carboxylic acids is 1. The molecule has 4 heteroatoms. The van der Waals surface area contributed by atoms with Gasteiger partial charge in [0.1, 0.15) is 0 Å². The minimum absolute atomic E-state index is 0.0620. The van der Waals surface area contributed by atoms with Gasteiger partial charge in [-0.1, -0.05) is 12.1 Å². The number of allylic oxidation sites excluding steroid dienone is 1. The van der Waals surface area contributed by atoms with E-state index in [4.69, 9.17) is 9.15 Å². The van der Waals surface area contributed by atoms with Gasteiger partial charge >= 0.3 is 0 Å². The van der Waals surface area contributed by atoms with Crippen LogP contribution < -0.4 is 4.74 Å². The summed E-state index contributed by atoms with van der Waals surface area (Å²) in [6.45, 7) is 0. The van der Waals surface area contributed by atoms with Gasteiger partial charge in [0, 0.05) is 0 Å². The highest BCUT2D eigenvalue weighted by molar-refractivity contribution is 6.04. The van der Waals surface area contributed by atoms with Gasteiger partial charge in [-0.25, -0.2) is 0 Å². The topological polar surface area (TPSA) is 59.7 Å². The Bertz CT molecular complexity index is 567. The zero-order chi connectivity index (χ0) is 13.0. The van der Waals surface area contributed by atoms with Crippen LogP contribution in [0.1, 0.15) is 16.1 Å². The van der Waals surface area contributed by atoms with E-state index in [1.54, 1.807) is 30.3 Å². The molecule has 0 amide bonds. The second-order valence-corrected chi connectivity index (χ2v) is 3.61. The van der Waals surface area contributed by atoms with Crippen LogP contribution in [-0.4, -0.2) is 18.0 Å². The molecular formula is C14H12O4. The summed E-state index contributed by atoms with van der Waals surface area (Å²) in [7, 11) is 1.47. The minimum Gasteiger partial charge on any atom is -0.504 e. The van der Waals surface area contributed by atoms with E-state index in [1.165, 1.54) is 25.5 Å². The normalized spacial score (nSPS) is 10.7. The van der Waals surface area contributed by atoms with Gasteiger partial charge in [0.05, 0.1) is 13.4 Å². The van der Waals surface area contributed by atoms with Crippen molar-refractivity contribution in [2.45, 2.75) is 0 Å². The number of phenolic OH excluding ortho intramolecular Hbond substituents is 1. The molecule has 0 spiro atoms. The van der Waals surface area contributed by atoms with Crippen molar-refractivity contribution < 1.29 is 19.1 Å². The van der Waals surface area contributed by atoms with Gasteiger partial charge in [0.15, 0.2) is 17.3 Å². The molecule has 0 fully saturated rings. The Labute approximate surface area is 104 Å². The first-order chi connectivity index (χ1) is 8.70. The van der Waals surface area contributed by atoms with Crippen LogP contribution in [0.25, 0.3) is 6.08 Å². The quantitative estimate of drug-likeness (QED) is 0.663. The second kappa shape index (κ2) is 5.23. The van der Waals surface area contributed by atoms with Crippen molar-refractivity contribution in [2.75, 3.05) is 7.11 Å². The van der Waals surface area contributed by atoms with E-state index in [0.29, 0.717) is 5.75 Å². The lowest BCUT2D eigenvalue weighted by molar-refractivity contribution is 0.102. The van der Waals surface area contributed by atoms with Gasteiger partial charge in [0.2, 0.25) is 5.78 Å². The molecule has 0 aliphatic carbocycles. The monoisotopic (exact) mass is 244 g/mol. The van der Waals surface area contributed by atoms with Gasteiger partial charge in [-0.15, -0.1) is 0 Å².